The van der Waals surface area contributed by atoms with Crippen LogP contribution in [0.5, 0.6) is 0 Å². The third-order valence-electron chi connectivity index (χ3n) is 1.52. The summed E-state index contributed by atoms with van der Waals surface area (Å²) in [5.74, 6) is 0.305. The van der Waals surface area contributed by atoms with Gasteiger partial charge in [0.15, 0.2) is 5.69 Å². The zero-order valence-electron chi connectivity index (χ0n) is 6.79. The third-order valence-corrected chi connectivity index (χ3v) is 1.52. The molecule has 0 radical (unpaired) electrons. The fourth-order valence-electron chi connectivity index (χ4n) is 1.03. The molecule has 0 saturated heterocycles. The monoisotopic (exact) mass is 178 g/mol. The molecule has 0 unspecified atom stereocenters. The van der Waals surface area contributed by atoms with Gasteiger partial charge in [-0.3, -0.25) is 0 Å². The van der Waals surface area contributed by atoms with E-state index in [4.69, 9.17) is 0 Å². The first-order valence-corrected chi connectivity index (χ1v) is 3.57. The number of alkyl halides is 3. The van der Waals surface area contributed by atoms with Gasteiger partial charge in [-0.15, -0.1) is 0 Å². The van der Waals surface area contributed by atoms with E-state index in [-0.39, 0.29) is 5.69 Å². The number of nitrogens with one attached hydrogen (secondary N) is 1. The van der Waals surface area contributed by atoms with Gasteiger partial charge in [-0.1, -0.05) is 6.92 Å². The standard InChI is InChI=1S/C7H9F3N2/c1-3-5-6(7(8,9)10)12-4(2)11-5/h3H2,1-2H3,(H,11,12). The van der Waals surface area contributed by atoms with E-state index in [9.17, 15) is 13.2 Å². The Hall–Kier alpha value is -1.00. The highest BCUT2D eigenvalue weighted by atomic mass is 19.4. The minimum absolute atomic E-state index is 0.153. The Morgan fingerprint density at radius 1 is 1.42 bits per heavy atom. The molecule has 1 aromatic rings. The molecule has 1 rings (SSSR count). The maximum atomic E-state index is 12.2. The molecule has 0 aromatic carbocycles. The van der Waals surface area contributed by atoms with Crippen LogP contribution in [0, 0.1) is 6.92 Å². The van der Waals surface area contributed by atoms with Crippen LogP contribution in [0.15, 0.2) is 0 Å². The predicted molar refractivity (Wildman–Crippen MR) is 37.7 cm³/mol. The Balaban J connectivity index is 3.13. The minimum atomic E-state index is -4.34. The first kappa shape index (κ1) is 9.09. The zero-order chi connectivity index (χ0) is 9.35. The van der Waals surface area contributed by atoms with Gasteiger partial charge >= 0.3 is 6.18 Å². The number of hydrogen-bond acceptors (Lipinski definition) is 1. The second-order valence-electron chi connectivity index (χ2n) is 2.50. The number of imidazole rings is 1. The molecular weight excluding hydrogens is 169 g/mol. The SMILES string of the molecule is CCc1[nH]c(C)nc1C(F)(F)F. The highest BCUT2D eigenvalue weighted by Crippen LogP contribution is 2.30. The number of aromatic amines is 1. The highest BCUT2D eigenvalue weighted by molar-refractivity contribution is 5.17. The summed E-state index contributed by atoms with van der Waals surface area (Å²) < 4.78 is 36.5. The number of aromatic nitrogens is 2. The van der Waals surface area contributed by atoms with Gasteiger partial charge in [0.1, 0.15) is 5.82 Å². The van der Waals surface area contributed by atoms with Gasteiger partial charge in [0.05, 0.1) is 0 Å². The molecule has 1 aromatic heterocycles. The highest BCUT2D eigenvalue weighted by Gasteiger charge is 2.36. The van der Waals surface area contributed by atoms with Crippen molar-refractivity contribution in [3.63, 3.8) is 0 Å². The van der Waals surface area contributed by atoms with E-state index in [1.807, 2.05) is 0 Å². The van der Waals surface area contributed by atoms with Crippen molar-refractivity contribution < 1.29 is 13.2 Å². The molecule has 12 heavy (non-hydrogen) atoms. The predicted octanol–water partition coefficient (Wildman–Crippen LogP) is 2.30. The lowest BCUT2D eigenvalue weighted by molar-refractivity contribution is -0.141. The van der Waals surface area contributed by atoms with Crippen molar-refractivity contribution in [3.05, 3.63) is 17.2 Å². The molecule has 0 fully saturated rings. The molecular formula is C7H9F3N2. The second-order valence-corrected chi connectivity index (χ2v) is 2.50. The summed E-state index contributed by atoms with van der Waals surface area (Å²) in [6.45, 7) is 3.16. The van der Waals surface area contributed by atoms with Crippen molar-refractivity contribution in [2.45, 2.75) is 26.4 Å². The zero-order valence-corrected chi connectivity index (χ0v) is 6.79. The minimum Gasteiger partial charge on any atom is -0.346 e. The Kier molecular flexibility index (Phi) is 2.12. The van der Waals surface area contributed by atoms with Crippen LogP contribution in [0.25, 0.3) is 0 Å². The van der Waals surface area contributed by atoms with Crippen LogP contribution in [-0.2, 0) is 12.6 Å². The van der Waals surface area contributed by atoms with Crippen LogP contribution in [0.1, 0.15) is 24.1 Å². The van der Waals surface area contributed by atoms with E-state index in [0.717, 1.165) is 0 Å². The number of rotatable bonds is 1. The molecule has 1 N–H and O–H groups in total. The Morgan fingerprint density at radius 2 is 2.00 bits per heavy atom. The van der Waals surface area contributed by atoms with Crippen molar-refractivity contribution in [1.29, 1.82) is 0 Å². The first-order chi connectivity index (χ1) is 5.45. The van der Waals surface area contributed by atoms with Crippen molar-refractivity contribution in [2.24, 2.45) is 0 Å². The second kappa shape index (κ2) is 2.80. The fourth-order valence-corrected chi connectivity index (χ4v) is 1.03. The lowest BCUT2D eigenvalue weighted by Crippen LogP contribution is -2.08. The van der Waals surface area contributed by atoms with E-state index in [1.54, 1.807) is 6.92 Å². The van der Waals surface area contributed by atoms with Gasteiger partial charge in [0.25, 0.3) is 0 Å². The topological polar surface area (TPSA) is 28.7 Å². The van der Waals surface area contributed by atoms with E-state index in [2.05, 4.69) is 9.97 Å². The summed E-state index contributed by atoms with van der Waals surface area (Å²) in [6, 6.07) is 0. The Morgan fingerprint density at radius 3 is 2.33 bits per heavy atom. The molecule has 2 nitrogen and oxygen atoms in total. The van der Waals surface area contributed by atoms with Gasteiger partial charge in [-0.05, 0) is 13.3 Å². The van der Waals surface area contributed by atoms with Gasteiger partial charge in [0, 0.05) is 5.69 Å². The Labute approximate surface area is 67.8 Å². The quantitative estimate of drug-likeness (QED) is 0.702. The number of aryl methyl sites for hydroxylation is 2. The van der Waals surface area contributed by atoms with Crippen LogP contribution in [0.4, 0.5) is 13.2 Å². The largest absolute Gasteiger partial charge is 0.435 e. The number of halogens is 3. The molecule has 68 valence electrons. The molecule has 5 heteroatoms. The van der Waals surface area contributed by atoms with Crippen LogP contribution < -0.4 is 0 Å². The molecule has 1 heterocycles. The van der Waals surface area contributed by atoms with Crippen molar-refractivity contribution >= 4 is 0 Å². The molecule has 0 aliphatic heterocycles. The fraction of sp³-hybridized carbons (Fsp3) is 0.571. The van der Waals surface area contributed by atoms with E-state index >= 15 is 0 Å². The number of hydrogen-bond donors (Lipinski definition) is 1. The average Bonchev–Trinajstić information content (AvgIpc) is 2.29. The van der Waals surface area contributed by atoms with Crippen molar-refractivity contribution in [2.75, 3.05) is 0 Å². The lowest BCUT2D eigenvalue weighted by Gasteiger charge is -2.03. The van der Waals surface area contributed by atoms with E-state index < -0.39 is 11.9 Å². The summed E-state index contributed by atoms with van der Waals surface area (Å²) in [6.07, 6.45) is -4.02. The molecule has 0 aliphatic carbocycles. The molecule has 0 amide bonds. The molecule has 0 spiro atoms. The average molecular weight is 178 g/mol. The smallest absolute Gasteiger partial charge is 0.346 e. The Bertz CT molecular complexity index is 275. The summed E-state index contributed by atoms with van der Waals surface area (Å²) in [5.41, 5.74) is -0.637. The van der Waals surface area contributed by atoms with E-state index in [0.29, 0.717) is 12.2 Å². The van der Waals surface area contributed by atoms with E-state index in [1.165, 1.54) is 6.92 Å². The molecule has 0 saturated carbocycles. The molecule has 0 atom stereocenters. The summed E-state index contributed by atoms with van der Waals surface area (Å²) in [4.78, 5) is 5.94. The van der Waals surface area contributed by atoms with Crippen LogP contribution in [0.2, 0.25) is 0 Å². The number of H-pyrrole nitrogens is 1. The summed E-state index contributed by atoms with van der Waals surface area (Å²) >= 11 is 0. The summed E-state index contributed by atoms with van der Waals surface area (Å²) in [5, 5.41) is 0. The van der Waals surface area contributed by atoms with Gasteiger partial charge < -0.3 is 4.98 Å². The van der Waals surface area contributed by atoms with Crippen molar-refractivity contribution in [3.8, 4) is 0 Å². The van der Waals surface area contributed by atoms with Gasteiger partial charge in [-0.25, -0.2) is 4.98 Å². The first-order valence-electron chi connectivity index (χ1n) is 3.57. The van der Waals surface area contributed by atoms with Crippen LogP contribution >= 0.6 is 0 Å². The van der Waals surface area contributed by atoms with Crippen molar-refractivity contribution in [1.82, 2.24) is 9.97 Å². The van der Waals surface area contributed by atoms with Gasteiger partial charge in [0.2, 0.25) is 0 Å². The normalized spacial score (nSPS) is 12.1. The maximum absolute atomic E-state index is 12.2. The van der Waals surface area contributed by atoms with Crippen LogP contribution in [0.3, 0.4) is 0 Å². The lowest BCUT2D eigenvalue weighted by atomic mass is 10.2. The third kappa shape index (κ3) is 1.60. The maximum Gasteiger partial charge on any atom is 0.435 e. The van der Waals surface area contributed by atoms with Crippen LogP contribution in [-0.4, -0.2) is 9.97 Å². The molecule has 0 aliphatic rings. The summed E-state index contributed by atoms with van der Waals surface area (Å²) in [7, 11) is 0. The number of nitrogens with zero attached hydrogens (tertiary/aromatic N) is 1. The molecule has 0 bridgehead atoms. The van der Waals surface area contributed by atoms with Gasteiger partial charge in [-0.2, -0.15) is 13.2 Å².